The van der Waals surface area contributed by atoms with E-state index in [1.54, 1.807) is 10.9 Å². The van der Waals surface area contributed by atoms with Crippen molar-refractivity contribution < 1.29 is 17.5 Å². The molecule has 1 fully saturated rings. The summed E-state index contributed by atoms with van der Waals surface area (Å²) in [6, 6.07) is 4.68. The number of rotatable bonds is 5. The molecule has 0 radical (unpaired) electrons. The van der Waals surface area contributed by atoms with Crippen molar-refractivity contribution in [2.75, 3.05) is 5.32 Å². The van der Waals surface area contributed by atoms with Crippen LogP contribution in [0.2, 0.25) is 0 Å². The number of sulfonamides is 1. The zero-order chi connectivity index (χ0) is 20.9. The Hall–Kier alpha value is -2.92. The summed E-state index contributed by atoms with van der Waals surface area (Å²) in [5, 5.41) is 14.3. The highest BCUT2D eigenvalue weighted by atomic mass is 32.2. The molecule has 11 heteroatoms. The van der Waals surface area contributed by atoms with Crippen LogP contribution in [0.25, 0.3) is 0 Å². The number of aryl methyl sites for hydroxylation is 1. The maximum absolute atomic E-state index is 14.7. The van der Waals surface area contributed by atoms with Gasteiger partial charge in [-0.15, -0.1) is 0 Å². The van der Waals surface area contributed by atoms with Crippen molar-refractivity contribution in [3.05, 3.63) is 47.7 Å². The monoisotopic (exact) mass is 432 g/mol. The first-order chi connectivity index (χ1) is 14.4. The summed E-state index contributed by atoms with van der Waals surface area (Å²) < 4.78 is 48.4. The number of hydrogen-bond acceptors (Lipinski definition) is 6. The molecule has 0 unspecified atom stereocenters. The minimum atomic E-state index is -3.61. The van der Waals surface area contributed by atoms with Gasteiger partial charge in [0, 0.05) is 36.8 Å². The summed E-state index contributed by atoms with van der Waals surface area (Å²) in [4.78, 5) is -0.0149. The molecule has 3 heterocycles. The van der Waals surface area contributed by atoms with Gasteiger partial charge in [0.1, 0.15) is 0 Å². The van der Waals surface area contributed by atoms with Crippen LogP contribution in [-0.2, 0) is 23.6 Å². The molecular formula is C19H21FN6O3S. The summed E-state index contributed by atoms with van der Waals surface area (Å²) in [5.74, 6) is 0.929. The Morgan fingerprint density at radius 2 is 2.20 bits per heavy atom. The Labute approximate surface area is 172 Å². The average molecular weight is 432 g/mol. The Kier molecular flexibility index (Phi) is 4.51. The lowest BCUT2D eigenvalue weighted by atomic mass is 10.0. The van der Waals surface area contributed by atoms with E-state index < -0.39 is 15.8 Å². The van der Waals surface area contributed by atoms with E-state index in [9.17, 15) is 12.8 Å². The molecule has 0 saturated heterocycles. The number of fused-ring (bicyclic) bond motifs is 1. The summed E-state index contributed by atoms with van der Waals surface area (Å²) in [5.41, 5.74) is 1.29. The fraction of sp³-hybridized carbons (Fsp3) is 0.368. The predicted molar refractivity (Wildman–Crippen MR) is 107 cm³/mol. The number of hydrogen-bond donors (Lipinski definition) is 3. The van der Waals surface area contributed by atoms with Crippen molar-refractivity contribution in [3.63, 3.8) is 0 Å². The Bertz CT molecular complexity index is 1200. The van der Waals surface area contributed by atoms with Crippen LogP contribution in [0, 0.1) is 5.82 Å². The normalized spacial score (nSPS) is 22.2. The van der Waals surface area contributed by atoms with Gasteiger partial charge in [-0.05, 0) is 31.4 Å². The van der Waals surface area contributed by atoms with Crippen molar-refractivity contribution in [2.24, 2.45) is 7.05 Å². The third-order valence-corrected chi connectivity index (χ3v) is 7.08. The van der Waals surface area contributed by atoms with E-state index >= 15 is 0 Å². The summed E-state index contributed by atoms with van der Waals surface area (Å²) in [7, 11) is -1.76. The van der Waals surface area contributed by atoms with Gasteiger partial charge in [0.05, 0.1) is 29.1 Å². The summed E-state index contributed by atoms with van der Waals surface area (Å²) in [6.07, 6.45) is 6.41. The number of anilines is 2. The van der Waals surface area contributed by atoms with Gasteiger partial charge in [0.25, 0.3) is 0 Å². The zero-order valence-corrected chi connectivity index (χ0v) is 17.0. The van der Waals surface area contributed by atoms with Crippen molar-refractivity contribution in [1.82, 2.24) is 24.7 Å². The molecular weight excluding hydrogens is 411 g/mol. The molecule has 2 aromatic heterocycles. The van der Waals surface area contributed by atoms with Crippen molar-refractivity contribution in [3.8, 4) is 5.75 Å². The molecule has 5 rings (SSSR count). The first-order valence-corrected chi connectivity index (χ1v) is 11.2. The zero-order valence-electron chi connectivity index (χ0n) is 16.2. The van der Waals surface area contributed by atoms with Gasteiger partial charge in [-0.25, -0.2) is 17.5 Å². The van der Waals surface area contributed by atoms with Crippen LogP contribution in [0.3, 0.4) is 0 Å². The third-order valence-electron chi connectivity index (χ3n) is 5.60. The number of benzene rings is 1. The molecule has 158 valence electrons. The van der Waals surface area contributed by atoms with Crippen molar-refractivity contribution in [1.29, 1.82) is 0 Å². The van der Waals surface area contributed by atoms with Crippen molar-refractivity contribution >= 4 is 21.5 Å². The molecule has 3 N–H and O–H groups in total. The molecule has 2 aliphatic rings. The third kappa shape index (κ3) is 3.43. The quantitative estimate of drug-likeness (QED) is 0.571. The standard InChI is InChI=1S/C19H21FN6O3S/c1-26-10-13(8-21-26)29-12-3-2-11(6-12)16-7-18(25-24-16)23-15-4-5-17-14(19(15)20)9-22-30(17,27)28/h4-5,7-8,10-12,22H,2-3,6,9H2,1H3,(H2,23,24,25)/t11-,12+/m0/s1. The van der Waals surface area contributed by atoms with E-state index in [1.807, 2.05) is 19.3 Å². The average Bonchev–Trinajstić information content (AvgIpc) is 3.47. The van der Waals surface area contributed by atoms with Gasteiger partial charge in [0.2, 0.25) is 10.0 Å². The van der Waals surface area contributed by atoms with E-state index in [-0.39, 0.29) is 34.7 Å². The maximum atomic E-state index is 14.7. The molecule has 1 aromatic carbocycles. The Balaban J connectivity index is 1.27. The number of nitrogens with zero attached hydrogens (tertiary/aromatic N) is 3. The molecule has 3 aromatic rings. The van der Waals surface area contributed by atoms with Crippen LogP contribution in [-0.4, -0.2) is 34.5 Å². The molecule has 0 amide bonds. The van der Waals surface area contributed by atoms with Crippen LogP contribution < -0.4 is 14.8 Å². The van der Waals surface area contributed by atoms with Gasteiger partial charge < -0.3 is 10.1 Å². The summed E-state index contributed by atoms with van der Waals surface area (Å²) in [6.45, 7) is -0.0504. The summed E-state index contributed by atoms with van der Waals surface area (Å²) >= 11 is 0. The van der Waals surface area contributed by atoms with Gasteiger partial charge in [0.15, 0.2) is 17.4 Å². The smallest absolute Gasteiger partial charge is 0.241 e. The highest BCUT2D eigenvalue weighted by Gasteiger charge is 2.31. The molecule has 1 aliphatic heterocycles. The van der Waals surface area contributed by atoms with Crippen molar-refractivity contribution in [2.45, 2.75) is 42.7 Å². The largest absolute Gasteiger partial charge is 0.487 e. The van der Waals surface area contributed by atoms with Crippen LogP contribution >= 0.6 is 0 Å². The minimum absolute atomic E-state index is 0.0149. The Morgan fingerprint density at radius 1 is 1.33 bits per heavy atom. The van der Waals surface area contributed by atoms with E-state index in [0.717, 1.165) is 30.7 Å². The van der Waals surface area contributed by atoms with E-state index in [1.165, 1.54) is 12.1 Å². The number of H-pyrrole nitrogens is 1. The number of ether oxygens (including phenoxy) is 1. The number of aromatic nitrogens is 4. The number of aromatic amines is 1. The van der Waals surface area contributed by atoms with E-state index in [0.29, 0.717) is 5.82 Å². The van der Waals surface area contributed by atoms with Gasteiger partial charge in [-0.1, -0.05) is 0 Å². The lowest BCUT2D eigenvalue weighted by molar-refractivity contribution is 0.208. The van der Waals surface area contributed by atoms with Gasteiger partial charge in [-0.3, -0.25) is 9.78 Å². The predicted octanol–water partition coefficient (Wildman–Crippen LogP) is 2.53. The number of halogens is 1. The second-order valence-corrected chi connectivity index (χ2v) is 9.40. The first kappa shape index (κ1) is 19.1. The van der Waals surface area contributed by atoms with Crippen LogP contribution in [0.15, 0.2) is 35.5 Å². The van der Waals surface area contributed by atoms with Crippen LogP contribution in [0.5, 0.6) is 5.75 Å². The fourth-order valence-electron chi connectivity index (χ4n) is 4.09. The lowest BCUT2D eigenvalue weighted by Crippen LogP contribution is -2.13. The van der Waals surface area contributed by atoms with Crippen LogP contribution in [0.1, 0.15) is 36.4 Å². The molecule has 0 spiro atoms. The highest BCUT2D eigenvalue weighted by molar-refractivity contribution is 7.89. The molecule has 9 nitrogen and oxygen atoms in total. The van der Waals surface area contributed by atoms with Gasteiger partial charge in [-0.2, -0.15) is 10.2 Å². The van der Waals surface area contributed by atoms with E-state index in [2.05, 4.69) is 25.3 Å². The topological polar surface area (TPSA) is 114 Å². The second-order valence-electron chi connectivity index (χ2n) is 7.66. The minimum Gasteiger partial charge on any atom is -0.487 e. The van der Waals surface area contributed by atoms with Gasteiger partial charge >= 0.3 is 0 Å². The molecule has 2 atom stereocenters. The van der Waals surface area contributed by atoms with Crippen LogP contribution in [0.4, 0.5) is 15.9 Å². The molecule has 0 bridgehead atoms. The maximum Gasteiger partial charge on any atom is 0.241 e. The SMILES string of the molecule is Cn1cc(O[C@@H]2CC[C@H](c3cc(Nc4ccc5c(c4F)CNS5(=O)=O)n[nH]3)C2)cn1. The van der Waals surface area contributed by atoms with E-state index in [4.69, 9.17) is 4.74 Å². The highest BCUT2D eigenvalue weighted by Crippen LogP contribution is 2.37. The fourth-order valence-corrected chi connectivity index (χ4v) is 5.31. The first-order valence-electron chi connectivity index (χ1n) is 9.68. The molecule has 1 aliphatic carbocycles. The second kappa shape index (κ2) is 7.10. The molecule has 30 heavy (non-hydrogen) atoms. The number of nitrogens with one attached hydrogen (secondary N) is 3. The lowest BCUT2D eigenvalue weighted by Gasteiger charge is -2.11. The Morgan fingerprint density at radius 3 is 3.00 bits per heavy atom. The molecule has 1 saturated carbocycles.